The highest BCUT2D eigenvalue weighted by molar-refractivity contribution is 5.97. The first kappa shape index (κ1) is 20.2. The molecule has 26 heavy (non-hydrogen) atoms. The predicted molar refractivity (Wildman–Crippen MR) is 96.9 cm³/mol. The third-order valence-electron chi connectivity index (χ3n) is 4.56. The Kier molecular flexibility index (Phi) is 6.26. The van der Waals surface area contributed by atoms with Crippen LogP contribution < -0.4 is 5.32 Å². The maximum atomic E-state index is 12.4. The van der Waals surface area contributed by atoms with Crippen molar-refractivity contribution < 1.29 is 24.5 Å². The van der Waals surface area contributed by atoms with Crippen molar-refractivity contribution in [3.63, 3.8) is 0 Å². The van der Waals surface area contributed by atoms with Crippen LogP contribution in [0.25, 0.3) is 0 Å². The number of likely N-dealkylation sites (N-methyl/N-ethyl adjacent to an activating group) is 1. The van der Waals surface area contributed by atoms with Crippen LogP contribution in [0, 0.1) is 0 Å². The molecule has 0 saturated carbocycles. The zero-order valence-electron chi connectivity index (χ0n) is 15.7. The molecular formula is C19H28N2O5. The summed E-state index contributed by atoms with van der Waals surface area (Å²) in [7, 11) is 1.79. The van der Waals surface area contributed by atoms with Gasteiger partial charge in [0.15, 0.2) is 0 Å². The van der Waals surface area contributed by atoms with Crippen molar-refractivity contribution in [3.8, 4) is 5.75 Å². The Bertz CT molecular complexity index is 656. The lowest BCUT2D eigenvalue weighted by atomic mass is 10.1. The smallest absolute Gasteiger partial charge is 0.323 e. The standard InChI is InChI=1S/C19H28N2O5/c1-19(2,3)26-18(25)15-10-9-14(21(15)4)13(11-22)20-17(24)12-7-5-6-8-16(12)23/h5-8,13-15,22-23H,9-11H2,1-4H3,(H,20,24)/t13-,14-,15+/m0/s1. The Hall–Kier alpha value is -2.12. The third kappa shape index (κ3) is 4.74. The van der Waals surface area contributed by atoms with Gasteiger partial charge in [-0.15, -0.1) is 0 Å². The molecule has 144 valence electrons. The summed E-state index contributed by atoms with van der Waals surface area (Å²) in [5.74, 6) is -0.879. The Morgan fingerprint density at radius 1 is 1.31 bits per heavy atom. The number of ether oxygens (including phenoxy) is 1. The lowest BCUT2D eigenvalue weighted by molar-refractivity contribution is -0.160. The molecule has 0 bridgehead atoms. The van der Waals surface area contributed by atoms with Crippen LogP contribution in [-0.2, 0) is 9.53 Å². The first-order valence-electron chi connectivity index (χ1n) is 8.78. The molecule has 1 aromatic carbocycles. The SMILES string of the molecule is CN1[C@@H](C(=O)OC(C)(C)C)CC[C@H]1[C@H](CO)NC(=O)c1ccccc1O. The van der Waals surface area contributed by atoms with Crippen LogP contribution in [0.3, 0.4) is 0 Å². The molecule has 2 rings (SSSR count). The van der Waals surface area contributed by atoms with Gasteiger partial charge in [0.25, 0.3) is 5.91 Å². The maximum absolute atomic E-state index is 12.4. The number of benzene rings is 1. The minimum Gasteiger partial charge on any atom is -0.507 e. The number of aliphatic hydroxyl groups excluding tert-OH is 1. The van der Waals surface area contributed by atoms with Gasteiger partial charge in [-0.05, 0) is 52.8 Å². The molecule has 7 heteroatoms. The van der Waals surface area contributed by atoms with Gasteiger partial charge in [-0.3, -0.25) is 14.5 Å². The lowest BCUT2D eigenvalue weighted by Gasteiger charge is -2.32. The van der Waals surface area contributed by atoms with E-state index in [4.69, 9.17) is 4.74 Å². The average Bonchev–Trinajstić information content (AvgIpc) is 2.93. The van der Waals surface area contributed by atoms with E-state index >= 15 is 0 Å². The van der Waals surface area contributed by atoms with Crippen molar-refractivity contribution in [3.05, 3.63) is 29.8 Å². The van der Waals surface area contributed by atoms with Crippen LogP contribution in [-0.4, -0.2) is 64.4 Å². The number of rotatable bonds is 5. The number of nitrogens with one attached hydrogen (secondary N) is 1. The van der Waals surface area contributed by atoms with Crippen LogP contribution in [0.5, 0.6) is 5.75 Å². The monoisotopic (exact) mass is 364 g/mol. The highest BCUT2D eigenvalue weighted by Crippen LogP contribution is 2.27. The van der Waals surface area contributed by atoms with Crippen molar-refractivity contribution in [2.45, 2.75) is 57.3 Å². The molecule has 0 aliphatic carbocycles. The molecule has 1 aliphatic rings. The molecule has 1 fully saturated rings. The first-order valence-corrected chi connectivity index (χ1v) is 8.78. The van der Waals surface area contributed by atoms with Crippen LogP contribution in [0.1, 0.15) is 44.0 Å². The van der Waals surface area contributed by atoms with Gasteiger partial charge in [-0.25, -0.2) is 0 Å². The molecular weight excluding hydrogens is 336 g/mol. The van der Waals surface area contributed by atoms with Gasteiger partial charge in [-0.2, -0.15) is 0 Å². The minimum absolute atomic E-state index is 0.118. The predicted octanol–water partition coefficient (Wildman–Crippen LogP) is 1.29. The molecule has 7 nitrogen and oxygen atoms in total. The molecule has 1 heterocycles. The zero-order valence-corrected chi connectivity index (χ0v) is 15.7. The van der Waals surface area contributed by atoms with Gasteiger partial charge in [0.1, 0.15) is 17.4 Å². The number of phenols is 1. The Morgan fingerprint density at radius 2 is 1.96 bits per heavy atom. The molecule has 0 radical (unpaired) electrons. The summed E-state index contributed by atoms with van der Waals surface area (Å²) in [4.78, 5) is 26.6. The van der Waals surface area contributed by atoms with E-state index in [1.165, 1.54) is 12.1 Å². The van der Waals surface area contributed by atoms with Crippen LogP contribution in [0.15, 0.2) is 24.3 Å². The summed E-state index contributed by atoms with van der Waals surface area (Å²) in [5.41, 5.74) is -0.416. The molecule has 3 atom stereocenters. The summed E-state index contributed by atoms with van der Waals surface area (Å²) in [6, 6.07) is 5.07. The number of aliphatic hydroxyl groups is 1. The number of aromatic hydroxyl groups is 1. The molecule has 1 amide bonds. The summed E-state index contributed by atoms with van der Waals surface area (Å²) in [6.07, 6.45) is 1.24. The normalized spacial score (nSPS) is 22.0. The number of hydrogen-bond donors (Lipinski definition) is 3. The molecule has 0 unspecified atom stereocenters. The number of likely N-dealkylation sites (tertiary alicyclic amines) is 1. The number of carbonyl (C=O) groups excluding carboxylic acids is 2. The van der Waals surface area contributed by atoms with E-state index in [2.05, 4.69) is 5.32 Å². The van der Waals surface area contributed by atoms with Gasteiger partial charge in [-0.1, -0.05) is 12.1 Å². The quantitative estimate of drug-likeness (QED) is 0.681. The number of para-hydroxylation sites is 1. The van der Waals surface area contributed by atoms with Crippen molar-refractivity contribution in [1.82, 2.24) is 10.2 Å². The fraction of sp³-hybridized carbons (Fsp3) is 0.579. The number of nitrogens with zero attached hydrogens (tertiary/aromatic N) is 1. The Morgan fingerprint density at radius 3 is 2.54 bits per heavy atom. The van der Waals surface area contributed by atoms with E-state index in [0.29, 0.717) is 12.8 Å². The second-order valence-corrected chi connectivity index (χ2v) is 7.64. The lowest BCUT2D eigenvalue weighted by Crippen LogP contribution is -2.52. The fourth-order valence-electron chi connectivity index (χ4n) is 3.28. The van der Waals surface area contributed by atoms with Crippen molar-refractivity contribution in [1.29, 1.82) is 0 Å². The van der Waals surface area contributed by atoms with Crippen LogP contribution >= 0.6 is 0 Å². The number of carbonyl (C=O) groups is 2. The van der Waals surface area contributed by atoms with E-state index in [-0.39, 0.29) is 29.9 Å². The number of hydrogen-bond acceptors (Lipinski definition) is 6. The highest BCUT2D eigenvalue weighted by atomic mass is 16.6. The topological polar surface area (TPSA) is 99.1 Å². The summed E-state index contributed by atoms with van der Waals surface area (Å²) in [5, 5.41) is 22.3. The minimum atomic E-state index is -0.564. The van der Waals surface area contributed by atoms with Gasteiger partial charge >= 0.3 is 5.97 Å². The van der Waals surface area contributed by atoms with E-state index in [0.717, 1.165) is 0 Å². The average molecular weight is 364 g/mol. The van der Waals surface area contributed by atoms with Gasteiger partial charge in [0.05, 0.1) is 18.2 Å². The van der Waals surface area contributed by atoms with Crippen LogP contribution in [0.2, 0.25) is 0 Å². The van der Waals surface area contributed by atoms with E-state index in [1.807, 2.05) is 25.7 Å². The highest BCUT2D eigenvalue weighted by Gasteiger charge is 2.41. The van der Waals surface area contributed by atoms with Gasteiger partial charge in [0.2, 0.25) is 0 Å². The van der Waals surface area contributed by atoms with Crippen LogP contribution in [0.4, 0.5) is 0 Å². The Balaban J connectivity index is 2.05. The fourth-order valence-corrected chi connectivity index (χ4v) is 3.28. The zero-order chi connectivity index (χ0) is 19.5. The first-order chi connectivity index (χ1) is 12.1. The second kappa shape index (κ2) is 8.05. The number of amides is 1. The maximum Gasteiger partial charge on any atom is 0.323 e. The molecule has 1 aromatic rings. The van der Waals surface area contributed by atoms with Crippen molar-refractivity contribution in [2.24, 2.45) is 0 Å². The van der Waals surface area contributed by atoms with E-state index in [1.54, 1.807) is 19.2 Å². The third-order valence-corrected chi connectivity index (χ3v) is 4.56. The van der Waals surface area contributed by atoms with E-state index < -0.39 is 23.6 Å². The number of phenolic OH excluding ortho intramolecular Hbond substituents is 1. The molecule has 1 saturated heterocycles. The summed E-state index contributed by atoms with van der Waals surface area (Å²) < 4.78 is 5.46. The molecule has 1 aliphatic heterocycles. The largest absolute Gasteiger partial charge is 0.507 e. The molecule has 0 aromatic heterocycles. The van der Waals surface area contributed by atoms with Crippen molar-refractivity contribution in [2.75, 3.05) is 13.7 Å². The molecule has 3 N–H and O–H groups in total. The second-order valence-electron chi connectivity index (χ2n) is 7.64. The van der Waals surface area contributed by atoms with E-state index in [9.17, 15) is 19.8 Å². The van der Waals surface area contributed by atoms with Gasteiger partial charge in [0, 0.05) is 6.04 Å². The summed E-state index contributed by atoms with van der Waals surface area (Å²) >= 11 is 0. The summed E-state index contributed by atoms with van der Waals surface area (Å²) in [6.45, 7) is 5.19. The number of esters is 1. The van der Waals surface area contributed by atoms with Crippen molar-refractivity contribution >= 4 is 11.9 Å². The van der Waals surface area contributed by atoms with Gasteiger partial charge < -0.3 is 20.3 Å². The molecule has 0 spiro atoms. The Labute approximate surface area is 154 Å².